The number of amides is 1. The fourth-order valence-electron chi connectivity index (χ4n) is 2.31. The van der Waals surface area contributed by atoms with E-state index in [1.54, 1.807) is 13.2 Å². The molecule has 0 aliphatic rings. The molecule has 3 rings (SSSR count). The third kappa shape index (κ3) is 4.24. The van der Waals surface area contributed by atoms with Crippen molar-refractivity contribution in [1.29, 1.82) is 0 Å². The Bertz CT molecular complexity index is 964. The summed E-state index contributed by atoms with van der Waals surface area (Å²) in [6, 6.07) is 11.6. The monoisotopic (exact) mass is 378 g/mol. The van der Waals surface area contributed by atoms with Crippen LogP contribution in [0.2, 0.25) is 0 Å². The summed E-state index contributed by atoms with van der Waals surface area (Å²) < 4.78 is 17.1. The standard InChI is InChI=1S/C16H15N2O5PS/c1-23-12-3-2-4-13-14(12)17-16(25-13)18-15(19)11-7-5-10(6-8-11)9-24(20,21)22/h2-8H,9H2,1H3,(H,17,18,19)(H2,20,21,22). The number of hydrogen-bond acceptors (Lipinski definition) is 5. The number of hydrogen-bond donors (Lipinski definition) is 3. The van der Waals surface area contributed by atoms with Crippen LogP contribution in [0.4, 0.5) is 5.13 Å². The molecule has 0 unspecified atom stereocenters. The van der Waals surface area contributed by atoms with Gasteiger partial charge in [-0.25, -0.2) is 4.98 Å². The van der Waals surface area contributed by atoms with Crippen molar-refractivity contribution < 1.29 is 23.9 Å². The Labute approximate surface area is 147 Å². The van der Waals surface area contributed by atoms with E-state index in [0.29, 0.717) is 27.5 Å². The smallest absolute Gasteiger partial charge is 0.329 e. The van der Waals surface area contributed by atoms with Crippen molar-refractivity contribution >= 4 is 40.2 Å². The number of nitrogens with one attached hydrogen (secondary N) is 1. The molecule has 0 spiro atoms. The molecular formula is C16H15N2O5PS. The number of para-hydroxylation sites is 1. The van der Waals surface area contributed by atoms with Gasteiger partial charge < -0.3 is 14.5 Å². The molecule has 0 atom stereocenters. The SMILES string of the molecule is COc1cccc2sc(NC(=O)c3ccc(CP(=O)(O)O)cc3)nc12. The third-order valence-electron chi connectivity index (χ3n) is 3.43. The molecule has 1 heterocycles. The molecule has 130 valence electrons. The van der Waals surface area contributed by atoms with Gasteiger partial charge in [0.1, 0.15) is 11.3 Å². The number of carbonyl (C=O) groups excluding carboxylic acids is 1. The summed E-state index contributed by atoms with van der Waals surface area (Å²) >= 11 is 1.33. The van der Waals surface area contributed by atoms with Gasteiger partial charge in [-0.1, -0.05) is 29.5 Å². The van der Waals surface area contributed by atoms with E-state index in [0.717, 1.165) is 4.70 Å². The van der Waals surface area contributed by atoms with E-state index in [-0.39, 0.29) is 12.1 Å². The van der Waals surface area contributed by atoms with E-state index in [9.17, 15) is 9.36 Å². The Morgan fingerprint density at radius 3 is 2.60 bits per heavy atom. The molecule has 1 aromatic heterocycles. The molecule has 7 nitrogen and oxygen atoms in total. The summed E-state index contributed by atoms with van der Waals surface area (Å²) in [5.74, 6) is 0.289. The molecule has 0 aliphatic heterocycles. The van der Waals surface area contributed by atoms with Gasteiger partial charge in [0.15, 0.2) is 5.13 Å². The minimum atomic E-state index is -4.13. The largest absolute Gasteiger partial charge is 0.494 e. The second-order valence-electron chi connectivity index (χ2n) is 5.30. The molecule has 0 bridgehead atoms. The highest BCUT2D eigenvalue weighted by atomic mass is 32.1. The first-order chi connectivity index (χ1) is 11.9. The average Bonchev–Trinajstić information content (AvgIpc) is 2.96. The molecule has 0 fully saturated rings. The Balaban J connectivity index is 1.77. The zero-order chi connectivity index (χ0) is 18.0. The summed E-state index contributed by atoms with van der Waals surface area (Å²) in [6.45, 7) is 0. The Kier molecular flexibility index (Phi) is 4.87. The lowest BCUT2D eigenvalue weighted by Crippen LogP contribution is -2.11. The highest BCUT2D eigenvalue weighted by Crippen LogP contribution is 2.39. The van der Waals surface area contributed by atoms with E-state index in [4.69, 9.17) is 14.5 Å². The number of fused-ring (bicyclic) bond motifs is 1. The van der Waals surface area contributed by atoms with Gasteiger partial charge in [0.2, 0.25) is 0 Å². The molecule has 2 aromatic carbocycles. The molecule has 0 saturated heterocycles. The Morgan fingerprint density at radius 1 is 1.24 bits per heavy atom. The van der Waals surface area contributed by atoms with E-state index in [1.165, 1.54) is 35.6 Å². The van der Waals surface area contributed by atoms with Gasteiger partial charge in [0.25, 0.3) is 5.91 Å². The normalized spacial score (nSPS) is 11.5. The van der Waals surface area contributed by atoms with Gasteiger partial charge in [-0.05, 0) is 29.8 Å². The highest BCUT2D eigenvalue weighted by molar-refractivity contribution is 7.50. The van der Waals surface area contributed by atoms with Crippen LogP contribution in [-0.4, -0.2) is 27.8 Å². The van der Waals surface area contributed by atoms with Crippen LogP contribution >= 0.6 is 18.9 Å². The summed E-state index contributed by atoms with van der Waals surface area (Å²) in [5, 5.41) is 3.17. The number of ether oxygens (including phenoxy) is 1. The molecule has 3 N–H and O–H groups in total. The van der Waals surface area contributed by atoms with Crippen LogP contribution in [0.1, 0.15) is 15.9 Å². The number of aromatic nitrogens is 1. The second-order valence-corrected chi connectivity index (χ2v) is 7.98. The molecule has 1 amide bonds. The van der Waals surface area contributed by atoms with Crippen LogP contribution in [0, 0.1) is 0 Å². The van der Waals surface area contributed by atoms with E-state index >= 15 is 0 Å². The van der Waals surface area contributed by atoms with Crippen molar-refractivity contribution in [2.24, 2.45) is 0 Å². The number of rotatable bonds is 5. The van der Waals surface area contributed by atoms with Gasteiger partial charge in [-0.3, -0.25) is 14.7 Å². The number of benzene rings is 2. The van der Waals surface area contributed by atoms with Crippen molar-refractivity contribution in [2.45, 2.75) is 6.16 Å². The van der Waals surface area contributed by atoms with Crippen molar-refractivity contribution in [2.75, 3.05) is 12.4 Å². The van der Waals surface area contributed by atoms with Gasteiger partial charge >= 0.3 is 7.60 Å². The molecule has 25 heavy (non-hydrogen) atoms. The van der Waals surface area contributed by atoms with Crippen molar-refractivity contribution in [3.8, 4) is 5.75 Å². The fourth-order valence-corrected chi connectivity index (χ4v) is 3.88. The zero-order valence-corrected chi connectivity index (χ0v) is 14.9. The predicted octanol–water partition coefficient (Wildman–Crippen LogP) is 3.23. The van der Waals surface area contributed by atoms with E-state index < -0.39 is 7.60 Å². The lowest BCUT2D eigenvalue weighted by atomic mass is 10.1. The topological polar surface area (TPSA) is 109 Å². The summed E-state index contributed by atoms with van der Waals surface area (Å²) in [7, 11) is -2.57. The maximum Gasteiger partial charge on any atom is 0.329 e. The van der Waals surface area contributed by atoms with E-state index in [2.05, 4.69) is 10.3 Å². The minimum Gasteiger partial charge on any atom is -0.494 e. The maximum atomic E-state index is 12.3. The van der Waals surface area contributed by atoms with Gasteiger partial charge in [0.05, 0.1) is 18.0 Å². The average molecular weight is 378 g/mol. The predicted molar refractivity (Wildman–Crippen MR) is 96.3 cm³/mol. The summed E-state index contributed by atoms with van der Waals surface area (Å²) in [4.78, 5) is 34.6. The minimum absolute atomic E-state index is 0.347. The molecule has 3 aromatic rings. The number of carbonyl (C=O) groups is 1. The van der Waals surface area contributed by atoms with Crippen LogP contribution in [-0.2, 0) is 10.7 Å². The first kappa shape index (κ1) is 17.6. The van der Waals surface area contributed by atoms with E-state index in [1.807, 2.05) is 12.1 Å². The number of anilines is 1. The first-order valence-electron chi connectivity index (χ1n) is 7.24. The van der Waals surface area contributed by atoms with Gasteiger partial charge in [0, 0.05) is 5.56 Å². The van der Waals surface area contributed by atoms with Crippen LogP contribution < -0.4 is 10.1 Å². The number of nitrogens with zero attached hydrogens (tertiary/aromatic N) is 1. The summed E-state index contributed by atoms with van der Waals surface area (Å²) in [6.07, 6.45) is -0.355. The lowest BCUT2D eigenvalue weighted by Gasteiger charge is -2.05. The molecular weight excluding hydrogens is 363 g/mol. The van der Waals surface area contributed by atoms with Crippen molar-refractivity contribution in [3.63, 3.8) is 0 Å². The van der Waals surface area contributed by atoms with Gasteiger partial charge in [-0.2, -0.15) is 0 Å². The van der Waals surface area contributed by atoms with Gasteiger partial charge in [-0.15, -0.1) is 0 Å². The van der Waals surface area contributed by atoms with Crippen molar-refractivity contribution in [1.82, 2.24) is 4.98 Å². The zero-order valence-electron chi connectivity index (χ0n) is 13.2. The molecule has 9 heteroatoms. The molecule has 0 radical (unpaired) electrons. The molecule has 0 aliphatic carbocycles. The fraction of sp³-hybridized carbons (Fsp3) is 0.125. The highest BCUT2D eigenvalue weighted by Gasteiger charge is 2.15. The Hall–Kier alpha value is -2.25. The maximum absolute atomic E-state index is 12.3. The quantitative estimate of drug-likeness (QED) is 0.588. The second kappa shape index (κ2) is 6.93. The van der Waals surface area contributed by atoms with Crippen LogP contribution in [0.15, 0.2) is 42.5 Å². The van der Waals surface area contributed by atoms with Crippen LogP contribution in [0.5, 0.6) is 5.75 Å². The summed E-state index contributed by atoms with van der Waals surface area (Å²) in [5.41, 5.74) is 1.53. The van der Waals surface area contributed by atoms with Crippen molar-refractivity contribution in [3.05, 3.63) is 53.6 Å². The first-order valence-corrected chi connectivity index (χ1v) is 9.85. The number of methoxy groups -OCH3 is 1. The lowest BCUT2D eigenvalue weighted by molar-refractivity contribution is 0.102. The number of thiazole rings is 1. The van der Waals surface area contributed by atoms with Crippen LogP contribution in [0.25, 0.3) is 10.2 Å². The Morgan fingerprint density at radius 2 is 1.96 bits per heavy atom. The van der Waals surface area contributed by atoms with Crippen LogP contribution in [0.3, 0.4) is 0 Å². The molecule has 0 saturated carbocycles. The third-order valence-corrected chi connectivity index (χ3v) is 5.14.